The second-order valence-electron chi connectivity index (χ2n) is 13.1. The number of hydrogen-bond donors (Lipinski definition) is 0. The van der Waals surface area contributed by atoms with Crippen LogP contribution in [0.2, 0.25) is 0 Å². The average molecular weight is 794 g/mol. The van der Waals surface area contributed by atoms with Crippen LogP contribution in [0.4, 0.5) is 0 Å². The molecule has 0 aliphatic heterocycles. The molecule has 0 atom stereocenters. The fraction of sp³-hybridized carbons (Fsp3) is 1.00. The van der Waals surface area contributed by atoms with Crippen molar-refractivity contribution in [1.29, 1.82) is 0 Å². The van der Waals surface area contributed by atoms with Crippen molar-refractivity contribution in [3.63, 3.8) is 0 Å². The lowest BCUT2D eigenvalue weighted by Crippen LogP contribution is -2.25. The number of unbranched alkanes of at least 4 members (excludes halogenated alkanes) is 24. The predicted octanol–water partition coefficient (Wildman–Crippen LogP) is 17.4. The van der Waals surface area contributed by atoms with Crippen LogP contribution in [0.25, 0.3) is 0 Å². The van der Waals surface area contributed by atoms with Gasteiger partial charge in [0.05, 0.1) is 0 Å². The summed E-state index contributed by atoms with van der Waals surface area (Å²) in [6.45, 7) is 6.72. The van der Waals surface area contributed by atoms with Gasteiger partial charge in [-0.05, 0) is 19.3 Å². The highest BCUT2D eigenvalue weighted by Crippen LogP contribution is 2.57. The molecule has 0 bridgehead atoms. The van der Waals surface area contributed by atoms with E-state index in [1.54, 1.807) is 0 Å². The Kier molecular flexibility index (Phi) is 33.2. The number of halogens is 6. The molecule has 0 fully saturated rings. The zero-order valence-corrected chi connectivity index (χ0v) is 35.1. The van der Waals surface area contributed by atoms with E-state index in [-0.39, 0.29) is 0 Å². The van der Waals surface area contributed by atoms with E-state index < -0.39 is 22.2 Å². The Morgan fingerprint density at radius 1 is 0.304 bits per heavy atom. The first-order valence-electron chi connectivity index (χ1n) is 19.0. The second-order valence-corrected chi connectivity index (χ2v) is 18.4. The number of alkyl halides is 6. The maximum absolute atomic E-state index is 6.63. The average Bonchev–Trinajstić information content (AvgIpc) is 2.97. The van der Waals surface area contributed by atoms with Gasteiger partial charge in [0.25, 0.3) is 0 Å². The molecule has 0 radical (unpaired) electrons. The third kappa shape index (κ3) is 33.2. The van der Waals surface area contributed by atoms with Crippen molar-refractivity contribution in [3.8, 4) is 0 Å². The van der Waals surface area contributed by atoms with Gasteiger partial charge in [0.15, 0.2) is 0 Å². The Bertz CT molecular complexity index is 572. The first-order chi connectivity index (χ1) is 22.0. The van der Waals surface area contributed by atoms with E-state index in [4.69, 9.17) is 83.2 Å². The van der Waals surface area contributed by atoms with Crippen LogP contribution in [0, 0.1) is 0 Å². The molecule has 0 rings (SSSR count). The van der Waals surface area contributed by atoms with Gasteiger partial charge in [-0.25, -0.2) is 0 Å². The molecule has 0 aromatic carbocycles. The van der Waals surface area contributed by atoms with E-state index in [1.165, 1.54) is 116 Å². The van der Waals surface area contributed by atoms with E-state index in [0.29, 0.717) is 19.3 Å². The van der Waals surface area contributed by atoms with Gasteiger partial charge in [0, 0.05) is 19.3 Å². The van der Waals surface area contributed by atoms with Gasteiger partial charge in [0.1, 0.15) is 0 Å². The lowest BCUT2D eigenvalue weighted by molar-refractivity contribution is 0.0841. The summed E-state index contributed by atoms with van der Waals surface area (Å²) >= 11 is 39.8. The molecule has 0 aromatic rings. The minimum Gasteiger partial charge on any atom is -0.275 e. The highest BCUT2D eigenvalue weighted by Gasteiger charge is 2.41. The maximum Gasteiger partial charge on any atom is 0.340 e. The largest absolute Gasteiger partial charge is 0.340 e. The Morgan fingerprint density at radius 2 is 0.478 bits per heavy atom. The van der Waals surface area contributed by atoms with Crippen LogP contribution in [-0.4, -0.2) is 13.6 Å². The van der Waals surface area contributed by atoms with E-state index >= 15 is 0 Å². The third-order valence-corrected chi connectivity index (χ3v) is 12.0. The molecule has 0 N–H and O–H groups in total. The quantitative estimate of drug-likeness (QED) is 0.0359. The second kappa shape index (κ2) is 31.8. The molecule has 3 nitrogen and oxygen atoms in total. The lowest BCUT2D eigenvalue weighted by Gasteiger charge is -2.32. The summed E-state index contributed by atoms with van der Waals surface area (Å²) in [6.07, 6.45) is 33.4. The topological polar surface area (TPSA) is 27.7 Å². The molecule has 0 heterocycles. The van der Waals surface area contributed by atoms with Gasteiger partial charge in [0.2, 0.25) is 13.6 Å². The Balaban J connectivity index is 4.83. The van der Waals surface area contributed by atoms with Crippen molar-refractivity contribution in [3.05, 3.63) is 0 Å². The van der Waals surface area contributed by atoms with Crippen molar-refractivity contribution in [1.82, 2.24) is 0 Å². The first-order valence-corrected chi connectivity index (χ1v) is 22.3. The predicted molar refractivity (Wildman–Crippen MR) is 209 cm³/mol. The van der Waals surface area contributed by atoms with Crippen LogP contribution < -0.4 is 0 Å². The molecule has 0 unspecified atom stereocenters. The highest BCUT2D eigenvalue weighted by molar-refractivity contribution is 7.42. The summed E-state index contributed by atoms with van der Waals surface area (Å²) in [5, 5.41) is 0. The molecule has 0 aliphatic carbocycles. The molecule has 0 saturated heterocycles. The summed E-state index contributed by atoms with van der Waals surface area (Å²) in [5.74, 6) is 0. The molecule has 0 spiro atoms. The molecule has 0 saturated carbocycles. The summed E-state index contributed by atoms with van der Waals surface area (Å²) in [5.41, 5.74) is 0. The normalized spacial score (nSPS) is 12.9. The van der Waals surface area contributed by atoms with Crippen LogP contribution in [-0.2, 0) is 13.6 Å². The maximum atomic E-state index is 6.63. The first kappa shape index (κ1) is 48.0. The summed E-state index contributed by atoms with van der Waals surface area (Å²) in [7, 11) is -2.23. The van der Waals surface area contributed by atoms with Gasteiger partial charge < -0.3 is 0 Å². The summed E-state index contributed by atoms with van der Waals surface area (Å²) in [4.78, 5) is 0. The van der Waals surface area contributed by atoms with Crippen LogP contribution in [0.15, 0.2) is 0 Å². The van der Waals surface area contributed by atoms with Crippen molar-refractivity contribution >= 4 is 78.2 Å². The zero-order valence-electron chi connectivity index (χ0n) is 29.7. The van der Waals surface area contributed by atoms with Gasteiger partial charge in [-0.3, -0.25) is 13.6 Å². The number of rotatable bonds is 36. The van der Waals surface area contributed by atoms with Crippen molar-refractivity contribution in [2.24, 2.45) is 0 Å². The van der Waals surface area contributed by atoms with E-state index in [1.807, 2.05) is 0 Å². The van der Waals surface area contributed by atoms with Crippen molar-refractivity contribution in [2.75, 3.05) is 0 Å². The zero-order chi connectivity index (χ0) is 34.4. The van der Waals surface area contributed by atoms with Crippen molar-refractivity contribution in [2.45, 2.75) is 227 Å². The SMILES string of the molecule is CCCCCCCCCCCC(Cl)(Cl)OP(OC(Cl)(Cl)CCCCCCCCCCC)OC(Cl)(Cl)CCCCCCCCCCC. The van der Waals surface area contributed by atoms with Crippen LogP contribution in [0.3, 0.4) is 0 Å². The van der Waals surface area contributed by atoms with Gasteiger partial charge >= 0.3 is 8.60 Å². The van der Waals surface area contributed by atoms with Gasteiger partial charge in [-0.1, -0.05) is 244 Å². The molecular weight excluding hydrogens is 724 g/mol. The lowest BCUT2D eigenvalue weighted by atomic mass is 10.1. The molecule has 0 aliphatic rings. The van der Waals surface area contributed by atoms with Crippen molar-refractivity contribution < 1.29 is 13.6 Å². The minimum atomic E-state index is -2.23. The van der Waals surface area contributed by atoms with E-state index in [0.717, 1.165) is 57.8 Å². The van der Waals surface area contributed by atoms with E-state index in [9.17, 15) is 0 Å². The Hall–Kier alpha value is 2.05. The molecule has 0 aromatic heterocycles. The molecular formula is C36H69Cl6O3P. The smallest absolute Gasteiger partial charge is 0.275 e. The standard InChI is InChI=1S/C36H69Cl6O3P/c1-4-7-10-13-16-19-22-25-28-31-34(37,38)43-46(44-35(39,40)32-29-26-23-20-17-14-11-8-5-2)45-36(41,42)33-30-27-24-21-18-15-12-9-6-3/h4-33H2,1-3H3. The molecule has 46 heavy (non-hydrogen) atoms. The molecule has 0 amide bonds. The highest BCUT2D eigenvalue weighted by atomic mass is 35.5. The van der Waals surface area contributed by atoms with Crippen LogP contribution >= 0.6 is 78.2 Å². The minimum absolute atomic E-state index is 0.420. The summed E-state index contributed by atoms with van der Waals surface area (Å²) in [6, 6.07) is 0. The molecule has 10 heteroatoms. The van der Waals surface area contributed by atoms with Crippen LogP contribution in [0.1, 0.15) is 213 Å². The van der Waals surface area contributed by atoms with Crippen LogP contribution in [0.5, 0.6) is 0 Å². The Labute approximate surface area is 316 Å². The molecule has 278 valence electrons. The third-order valence-electron chi connectivity index (χ3n) is 8.34. The summed E-state index contributed by atoms with van der Waals surface area (Å²) < 4.78 is 13.3. The van der Waals surface area contributed by atoms with E-state index in [2.05, 4.69) is 20.8 Å². The fourth-order valence-electron chi connectivity index (χ4n) is 5.44. The monoisotopic (exact) mass is 790 g/mol. The van der Waals surface area contributed by atoms with Gasteiger partial charge in [-0.2, -0.15) is 0 Å². The Morgan fingerprint density at radius 3 is 0.674 bits per heavy atom. The number of hydrogen-bond acceptors (Lipinski definition) is 3. The van der Waals surface area contributed by atoms with Gasteiger partial charge in [-0.15, -0.1) is 0 Å². The fourth-order valence-corrected chi connectivity index (χ4v) is 8.30.